The van der Waals surface area contributed by atoms with E-state index in [1.54, 1.807) is 0 Å². The van der Waals surface area contributed by atoms with Crippen LogP contribution < -0.4 is 15.5 Å². The van der Waals surface area contributed by atoms with E-state index >= 15 is 0 Å². The van der Waals surface area contributed by atoms with Crippen LogP contribution in [0.4, 0.5) is 11.7 Å². The van der Waals surface area contributed by atoms with Gasteiger partial charge in [-0.3, -0.25) is 0 Å². The van der Waals surface area contributed by atoms with Gasteiger partial charge in [0.2, 0.25) is 5.89 Å². The normalized spacial score (nSPS) is 23.1. The van der Waals surface area contributed by atoms with Crippen molar-refractivity contribution in [2.24, 2.45) is 0 Å². The van der Waals surface area contributed by atoms with Gasteiger partial charge in [-0.25, -0.2) is 0 Å². The first-order valence-electron chi connectivity index (χ1n) is 11.9. The maximum atomic E-state index is 9.06. The van der Waals surface area contributed by atoms with Crippen molar-refractivity contribution in [3.8, 4) is 17.5 Å². The summed E-state index contributed by atoms with van der Waals surface area (Å²) < 4.78 is 5.91. The molecule has 1 aliphatic carbocycles. The zero-order valence-electron chi connectivity index (χ0n) is 18.8. The summed E-state index contributed by atoms with van der Waals surface area (Å²) in [6, 6.07) is 21.6. The Morgan fingerprint density at radius 1 is 0.909 bits per heavy atom. The van der Waals surface area contributed by atoms with E-state index in [9.17, 15) is 0 Å². The van der Waals surface area contributed by atoms with E-state index in [1.807, 2.05) is 42.5 Å². The number of nitriles is 1. The van der Waals surface area contributed by atoms with Crippen LogP contribution in [0.25, 0.3) is 11.5 Å². The molecule has 2 heterocycles. The molecular formula is C26H30N6O. The second-order valence-corrected chi connectivity index (χ2v) is 9.03. The van der Waals surface area contributed by atoms with E-state index in [0.29, 0.717) is 29.6 Å². The predicted molar refractivity (Wildman–Crippen MR) is 129 cm³/mol. The second-order valence-electron chi connectivity index (χ2n) is 9.03. The molecule has 0 spiro atoms. The zero-order chi connectivity index (χ0) is 22.5. The molecule has 2 aliphatic rings. The van der Waals surface area contributed by atoms with Crippen molar-refractivity contribution in [1.82, 2.24) is 15.5 Å². The molecule has 3 aromatic rings. The molecule has 2 fully saturated rings. The number of piperidine rings is 1. The van der Waals surface area contributed by atoms with Crippen molar-refractivity contribution in [2.45, 2.75) is 56.7 Å². The number of anilines is 2. The number of nitrogens with zero attached hydrogens (tertiary/aromatic N) is 4. The van der Waals surface area contributed by atoms with E-state index in [2.05, 4.69) is 43.9 Å². The number of benzene rings is 2. The molecule has 1 saturated heterocycles. The molecule has 7 nitrogen and oxygen atoms in total. The third-order valence-electron chi connectivity index (χ3n) is 6.75. The highest BCUT2D eigenvalue weighted by Gasteiger charge is 2.30. The quantitative estimate of drug-likeness (QED) is 0.577. The average molecular weight is 443 g/mol. The van der Waals surface area contributed by atoms with E-state index in [0.717, 1.165) is 37.9 Å². The minimum absolute atomic E-state index is 0.271. The standard InChI is InChI=1S/C26H30N6O/c27-17-19-12-14-22(15-13-19)32-16-6-9-21(18-32)28-23-10-4-5-11-24(23)29-26-31-30-25(33-26)20-7-2-1-3-8-20/h1-3,7-8,12-15,21,23-24,28H,4-6,9-11,16,18H2,(H,29,31). The van der Waals surface area contributed by atoms with Crippen LogP contribution in [0, 0.1) is 11.3 Å². The molecule has 3 unspecified atom stereocenters. The van der Waals surface area contributed by atoms with Gasteiger partial charge in [0.05, 0.1) is 11.6 Å². The van der Waals surface area contributed by atoms with Crippen molar-refractivity contribution >= 4 is 11.7 Å². The summed E-state index contributed by atoms with van der Waals surface area (Å²) in [5.74, 6) is 0.545. The summed E-state index contributed by atoms with van der Waals surface area (Å²) in [5, 5.41) is 25.0. The topological polar surface area (TPSA) is 90.0 Å². The van der Waals surface area contributed by atoms with Gasteiger partial charge in [-0.2, -0.15) is 5.26 Å². The summed E-state index contributed by atoms with van der Waals surface area (Å²) in [4.78, 5) is 2.43. The Morgan fingerprint density at radius 3 is 2.48 bits per heavy atom. The molecule has 0 bridgehead atoms. The fourth-order valence-corrected chi connectivity index (χ4v) is 5.04. The van der Waals surface area contributed by atoms with Crippen molar-refractivity contribution in [2.75, 3.05) is 23.3 Å². The van der Waals surface area contributed by atoms with Crippen LogP contribution in [-0.4, -0.2) is 41.4 Å². The largest absolute Gasteiger partial charge is 0.403 e. The van der Waals surface area contributed by atoms with Gasteiger partial charge in [-0.1, -0.05) is 36.1 Å². The molecule has 0 amide bonds. The third kappa shape index (κ3) is 5.18. The number of rotatable bonds is 6. The third-order valence-corrected chi connectivity index (χ3v) is 6.75. The van der Waals surface area contributed by atoms with Gasteiger partial charge in [-0.15, -0.1) is 5.10 Å². The fraction of sp³-hybridized carbons (Fsp3) is 0.423. The molecule has 1 aliphatic heterocycles. The van der Waals surface area contributed by atoms with Gasteiger partial charge >= 0.3 is 6.01 Å². The Kier molecular flexibility index (Phi) is 6.54. The highest BCUT2D eigenvalue weighted by molar-refractivity contribution is 5.53. The van der Waals surface area contributed by atoms with E-state index in [1.165, 1.54) is 24.9 Å². The van der Waals surface area contributed by atoms with Gasteiger partial charge in [0.15, 0.2) is 0 Å². The van der Waals surface area contributed by atoms with E-state index in [-0.39, 0.29) is 6.04 Å². The highest BCUT2D eigenvalue weighted by atomic mass is 16.4. The van der Waals surface area contributed by atoms with Crippen LogP contribution in [-0.2, 0) is 0 Å². The van der Waals surface area contributed by atoms with Gasteiger partial charge in [-0.05, 0) is 62.1 Å². The molecule has 5 rings (SSSR count). The molecule has 33 heavy (non-hydrogen) atoms. The highest BCUT2D eigenvalue weighted by Crippen LogP contribution is 2.26. The van der Waals surface area contributed by atoms with Gasteiger partial charge in [0.25, 0.3) is 0 Å². The Hall–Kier alpha value is -3.37. The monoisotopic (exact) mass is 442 g/mol. The van der Waals surface area contributed by atoms with Crippen LogP contribution >= 0.6 is 0 Å². The van der Waals surface area contributed by atoms with Crippen molar-refractivity contribution in [1.29, 1.82) is 5.26 Å². The molecule has 3 atom stereocenters. The molecule has 0 radical (unpaired) electrons. The molecule has 2 N–H and O–H groups in total. The number of hydrogen-bond acceptors (Lipinski definition) is 7. The first-order valence-corrected chi connectivity index (χ1v) is 11.9. The van der Waals surface area contributed by atoms with Crippen LogP contribution in [0.5, 0.6) is 0 Å². The number of aromatic nitrogens is 2. The molecule has 1 aromatic heterocycles. The van der Waals surface area contributed by atoms with Crippen molar-refractivity contribution in [3.05, 3.63) is 60.2 Å². The maximum Gasteiger partial charge on any atom is 0.316 e. The summed E-state index contributed by atoms with van der Waals surface area (Å²) >= 11 is 0. The van der Waals surface area contributed by atoms with E-state index in [4.69, 9.17) is 9.68 Å². The van der Waals surface area contributed by atoms with Crippen molar-refractivity contribution in [3.63, 3.8) is 0 Å². The number of nitrogens with one attached hydrogen (secondary N) is 2. The first-order chi connectivity index (χ1) is 16.3. The Balaban J connectivity index is 1.22. The lowest BCUT2D eigenvalue weighted by molar-refractivity contribution is 0.290. The summed E-state index contributed by atoms with van der Waals surface area (Å²) in [6.07, 6.45) is 7.01. The summed E-state index contributed by atoms with van der Waals surface area (Å²) in [5.41, 5.74) is 2.83. The van der Waals surface area contributed by atoms with Crippen LogP contribution in [0.15, 0.2) is 59.0 Å². The molecule has 2 aromatic carbocycles. The Bertz CT molecular complexity index is 1070. The fourth-order valence-electron chi connectivity index (χ4n) is 5.04. The lowest BCUT2D eigenvalue weighted by Crippen LogP contribution is -2.54. The molecule has 170 valence electrons. The van der Waals surface area contributed by atoms with Gasteiger partial charge < -0.3 is 20.0 Å². The average Bonchev–Trinajstić information content (AvgIpc) is 3.35. The predicted octanol–water partition coefficient (Wildman–Crippen LogP) is 4.59. The minimum atomic E-state index is 0.271. The summed E-state index contributed by atoms with van der Waals surface area (Å²) in [6.45, 7) is 2.04. The summed E-state index contributed by atoms with van der Waals surface area (Å²) in [7, 11) is 0. The minimum Gasteiger partial charge on any atom is -0.403 e. The van der Waals surface area contributed by atoms with E-state index < -0.39 is 0 Å². The number of hydrogen-bond donors (Lipinski definition) is 2. The second kappa shape index (κ2) is 10.1. The zero-order valence-corrected chi connectivity index (χ0v) is 18.8. The lowest BCUT2D eigenvalue weighted by atomic mass is 9.89. The molecule has 7 heteroatoms. The molecule has 1 saturated carbocycles. The van der Waals surface area contributed by atoms with Crippen LogP contribution in [0.2, 0.25) is 0 Å². The molecular weight excluding hydrogens is 412 g/mol. The first kappa shape index (κ1) is 21.5. The maximum absolute atomic E-state index is 9.06. The van der Waals surface area contributed by atoms with Crippen LogP contribution in [0.1, 0.15) is 44.1 Å². The van der Waals surface area contributed by atoms with Crippen LogP contribution in [0.3, 0.4) is 0 Å². The van der Waals surface area contributed by atoms with Gasteiger partial charge in [0.1, 0.15) is 0 Å². The van der Waals surface area contributed by atoms with Gasteiger partial charge in [0, 0.05) is 42.5 Å². The lowest BCUT2D eigenvalue weighted by Gasteiger charge is -2.40. The Morgan fingerprint density at radius 2 is 1.70 bits per heavy atom. The Labute approximate surface area is 194 Å². The smallest absolute Gasteiger partial charge is 0.316 e. The SMILES string of the molecule is N#Cc1ccc(N2CCCC(NC3CCCCC3Nc3nnc(-c4ccccc4)o3)C2)cc1. The van der Waals surface area contributed by atoms with Crippen molar-refractivity contribution < 1.29 is 4.42 Å².